The second kappa shape index (κ2) is 8.49. The molecule has 0 heterocycles. The fraction of sp³-hybridized carbons (Fsp3) is 0.0741. The summed E-state index contributed by atoms with van der Waals surface area (Å²) in [5, 5.41) is 0. The van der Waals surface area contributed by atoms with Crippen LogP contribution in [0, 0.1) is 6.92 Å². The van der Waals surface area contributed by atoms with Crippen molar-refractivity contribution < 1.29 is 0 Å². The largest absolute Gasteiger partial charge is 0.271 e. The lowest BCUT2D eigenvalue weighted by Gasteiger charge is -2.18. The van der Waals surface area contributed by atoms with Crippen molar-refractivity contribution in [2.24, 2.45) is 4.99 Å². The molecule has 0 aliphatic carbocycles. The van der Waals surface area contributed by atoms with Crippen molar-refractivity contribution >= 4 is 5.71 Å². The smallest absolute Gasteiger partial charge is 0.101 e. The van der Waals surface area contributed by atoms with E-state index in [1.807, 2.05) is 6.07 Å². The van der Waals surface area contributed by atoms with E-state index in [0.29, 0.717) is 0 Å². The van der Waals surface area contributed by atoms with Crippen molar-refractivity contribution in [1.82, 2.24) is 0 Å². The first-order chi connectivity index (χ1) is 13.8. The van der Waals surface area contributed by atoms with Gasteiger partial charge in [0.1, 0.15) is 6.04 Å². The van der Waals surface area contributed by atoms with Gasteiger partial charge in [0.15, 0.2) is 0 Å². The molecule has 4 aromatic carbocycles. The highest BCUT2D eigenvalue weighted by Crippen LogP contribution is 2.28. The summed E-state index contributed by atoms with van der Waals surface area (Å²) in [7, 11) is 0. The number of hydrogen-bond acceptors (Lipinski definition) is 1. The minimum absolute atomic E-state index is 0.0581. The summed E-state index contributed by atoms with van der Waals surface area (Å²) in [5.41, 5.74) is 6.94. The van der Waals surface area contributed by atoms with Gasteiger partial charge in [-0.15, -0.1) is 0 Å². The first-order valence-corrected chi connectivity index (χ1v) is 9.62. The molecule has 0 fully saturated rings. The minimum atomic E-state index is -0.0581. The number of nitrogens with zero attached hydrogens (tertiary/aromatic N) is 1. The van der Waals surface area contributed by atoms with Gasteiger partial charge < -0.3 is 0 Å². The summed E-state index contributed by atoms with van der Waals surface area (Å²) < 4.78 is 0. The molecule has 4 aromatic rings. The van der Waals surface area contributed by atoms with Gasteiger partial charge in [0.2, 0.25) is 0 Å². The molecule has 0 amide bonds. The van der Waals surface area contributed by atoms with Crippen LogP contribution in [0.4, 0.5) is 0 Å². The number of hydrogen-bond donors (Lipinski definition) is 0. The zero-order chi connectivity index (χ0) is 19.2. The van der Waals surface area contributed by atoms with Gasteiger partial charge in [0.25, 0.3) is 0 Å². The van der Waals surface area contributed by atoms with Crippen molar-refractivity contribution in [1.29, 1.82) is 0 Å². The Labute approximate surface area is 167 Å². The van der Waals surface area contributed by atoms with Gasteiger partial charge in [-0.3, -0.25) is 4.99 Å². The summed E-state index contributed by atoms with van der Waals surface area (Å²) in [6.07, 6.45) is 0. The first-order valence-electron chi connectivity index (χ1n) is 9.62. The lowest BCUT2D eigenvalue weighted by atomic mass is 9.95. The average molecular weight is 361 g/mol. The number of rotatable bonds is 5. The van der Waals surface area contributed by atoms with E-state index < -0.39 is 0 Å². The highest BCUT2D eigenvalue weighted by molar-refractivity contribution is 6.13. The molecule has 0 unspecified atom stereocenters. The van der Waals surface area contributed by atoms with Crippen LogP contribution in [0.1, 0.15) is 33.9 Å². The van der Waals surface area contributed by atoms with Gasteiger partial charge in [-0.2, -0.15) is 0 Å². The molecular weight excluding hydrogens is 338 g/mol. The molecule has 0 atom stereocenters. The molecule has 1 nitrogen and oxygen atoms in total. The van der Waals surface area contributed by atoms with E-state index in [0.717, 1.165) is 11.3 Å². The maximum Gasteiger partial charge on any atom is 0.101 e. The van der Waals surface area contributed by atoms with Crippen molar-refractivity contribution in [3.05, 3.63) is 143 Å². The third-order valence-corrected chi connectivity index (χ3v) is 4.94. The maximum absolute atomic E-state index is 5.33. The monoisotopic (exact) mass is 361 g/mol. The van der Waals surface area contributed by atoms with Crippen LogP contribution in [0.5, 0.6) is 0 Å². The van der Waals surface area contributed by atoms with Gasteiger partial charge in [0.05, 0.1) is 5.71 Å². The molecule has 0 bridgehead atoms. The van der Waals surface area contributed by atoms with Crippen LogP contribution in [0.25, 0.3) is 0 Å². The molecular formula is C27H23N. The van der Waals surface area contributed by atoms with Gasteiger partial charge in [0, 0.05) is 11.1 Å². The molecule has 1 heteroatoms. The molecule has 4 rings (SSSR count). The minimum Gasteiger partial charge on any atom is -0.271 e. The SMILES string of the molecule is Cc1ccccc1C(=NC(c1ccccc1)c1ccccc1)c1ccccc1. The summed E-state index contributed by atoms with van der Waals surface area (Å²) in [6, 6.07) is 39.9. The van der Waals surface area contributed by atoms with Crippen molar-refractivity contribution in [3.8, 4) is 0 Å². The zero-order valence-corrected chi connectivity index (χ0v) is 16.0. The number of aryl methyl sites for hydroxylation is 1. The molecule has 136 valence electrons. The van der Waals surface area contributed by atoms with Gasteiger partial charge in [-0.05, 0) is 23.6 Å². The van der Waals surface area contributed by atoms with Crippen LogP contribution in [-0.4, -0.2) is 5.71 Å². The van der Waals surface area contributed by atoms with Crippen LogP contribution in [-0.2, 0) is 0 Å². The Hall–Kier alpha value is -3.45. The Kier molecular flexibility index (Phi) is 5.44. The molecule has 0 saturated heterocycles. The lowest BCUT2D eigenvalue weighted by molar-refractivity contribution is 0.873. The maximum atomic E-state index is 5.33. The van der Waals surface area contributed by atoms with Gasteiger partial charge in [-0.1, -0.05) is 115 Å². The highest BCUT2D eigenvalue weighted by Gasteiger charge is 2.16. The Bertz CT molecular complexity index is 1010. The fourth-order valence-electron chi connectivity index (χ4n) is 3.48. The molecule has 0 aliphatic heterocycles. The number of benzene rings is 4. The Morgan fingerprint density at radius 1 is 0.571 bits per heavy atom. The van der Waals surface area contributed by atoms with E-state index in [1.54, 1.807) is 0 Å². The Morgan fingerprint density at radius 2 is 1.04 bits per heavy atom. The molecule has 0 spiro atoms. The van der Waals surface area contributed by atoms with E-state index in [9.17, 15) is 0 Å². The number of aliphatic imine (C=N–C) groups is 1. The van der Waals surface area contributed by atoms with Crippen LogP contribution in [0.2, 0.25) is 0 Å². The highest BCUT2D eigenvalue weighted by atomic mass is 14.8. The fourth-order valence-corrected chi connectivity index (χ4v) is 3.48. The lowest BCUT2D eigenvalue weighted by Crippen LogP contribution is -2.09. The van der Waals surface area contributed by atoms with Crippen molar-refractivity contribution in [2.75, 3.05) is 0 Å². The Balaban J connectivity index is 1.93. The zero-order valence-electron chi connectivity index (χ0n) is 16.0. The van der Waals surface area contributed by atoms with Crippen LogP contribution in [0.15, 0.2) is 120 Å². The van der Waals surface area contributed by atoms with E-state index in [-0.39, 0.29) is 6.04 Å². The summed E-state index contributed by atoms with van der Waals surface area (Å²) in [6.45, 7) is 2.15. The molecule has 28 heavy (non-hydrogen) atoms. The average Bonchev–Trinajstić information content (AvgIpc) is 2.77. The summed E-state index contributed by atoms with van der Waals surface area (Å²) >= 11 is 0. The van der Waals surface area contributed by atoms with E-state index in [2.05, 4.69) is 116 Å². The van der Waals surface area contributed by atoms with E-state index >= 15 is 0 Å². The van der Waals surface area contributed by atoms with Crippen molar-refractivity contribution in [2.45, 2.75) is 13.0 Å². The van der Waals surface area contributed by atoms with Crippen LogP contribution in [0.3, 0.4) is 0 Å². The van der Waals surface area contributed by atoms with E-state index in [1.165, 1.54) is 22.3 Å². The van der Waals surface area contributed by atoms with E-state index in [4.69, 9.17) is 4.99 Å². The standard InChI is InChI=1S/C27H23N/c1-21-13-11-12-20-25(21)27(24-18-9-4-10-19-24)28-26(22-14-5-2-6-15-22)23-16-7-3-8-17-23/h2-20,26H,1H3. The third-order valence-electron chi connectivity index (χ3n) is 4.94. The predicted octanol–water partition coefficient (Wildman–Crippen LogP) is 6.62. The predicted molar refractivity (Wildman–Crippen MR) is 118 cm³/mol. The van der Waals surface area contributed by atoms with Gasteiger partial charge >= 0.3 is 0 Å². The molecule has 0 N–H and O–H groups in total. The quantitative estimate of drug-likeness (QED) is 0.354. The normalized spacial score (nSPS) is 11.6. The summed E-state index contributed by atoms with van der Waals surface area (Å²) in [4.78, 5) is 5.33. The van der Waals surface area contributed by atoms with Crippen LogP contribution >= 0.6 is 0 Å². The molecule has 0 saturated carbocycles. The first kappa shape index (κ1) is 17.9. The second-order valence-corrected chi connectivity index (χ2v) is 6.88. The topological polar surface area (TPSA) is 12.4 Å². The van der Waals surface area contributed by atoms with Gasteiger partial charge in [-0.25, -0.2) is 0 Å². The molecule has 0 aliphatic rings. The van der Waals surface area contributed by atoms with Crippen LogP contribution < -0.4 is 0 Å². The molecule has 0 aromatic heterocycles. The second-order valence-electron chi connectivity index (χ2n) is 6.88. The third kappa shape index (κ3) is 3.94. The summed E-state index contributed by atoms with van der Waals surface area (Å²) in [5.74, 6) is 0. The Morgan fingerprint density at radius 3 is 1.57 bits per heavy atom. The van der Waals surface area contributed by atoms with Crippen molar-refractivity contribution in [3.63, 3.8) is 0 Å². The molecule has 0 radical (unpaired) electrons.